The lowest BCUT2D eigenvalue weighted by molar-refractivity contribution is 0.367. The second-order valence-electron chi connectivity index (χ2n) is 3.64. The molecular formula is C12H15NO3S. The number of hydrogen-bond acceptors (Lipinski definition) is 3. The number of hydrogen-bond donors (Lipinski definition) is 1. The molecule has 0 unspecified atom stereocenters. The fourth-order valence-corrected chi connectivity index (χ4v) is 2.26. The average molecular weight is 253 g/mol. The molecule has 0 aliphatic carbocycles. The van der Waals surface area contributed by atoms with Gasteiger partial charge in [-0.25, -0.2) is 13.6 Å². The third kappa shape index (κ3) is 3.48. The van der Waals surface area contributed by atoms with Crippen LogP contribution in [0.2, 0.25) is 0 Å². The molecule has 2 N–H and O–H groups in total. The molecule has 1 rings (SSSR count). The monoisotopic (exact) mass is 253 g/mol. The van der Waals surface area contributed by atoms with E-state index < -0.39 is 10.0 Å². The molecule has 0 atom stereocenters. The highest BCUT2D eigenvalue weighted by molar-refractivity contribution is 7.89. The Kier molecular flexibility index (Phi) is 4.16. The molecule has 0 radical (unpaired) electrons. The molecule has 92 valence electrons. The van der Waals surface area contributed by atoms with Crippen molar-refractivity contribution >= 4 is 10.0 Å². The number of rotatable bonds is 3. The maximum Gasteiger partial charge on any atom is 0.238 e. The summed E-state index contributed by atoms with van der Waals surface area (Å²) in [6.07, 6.45) is 0. The van der Waals surface area contributed by atoms with Crippen molar-refractivity contribution < 1.29 is 13.2 Å². The van der Waals surface area contributed by atoms with E-state index in [0.29, 0.717) is 11.3 Å². The van der Waals surface area contributed by atoms with Gasteiger partial charge in [-0.05, 0) is 44.0 Å². The van der Waals surface area contributed by atoms with Gasteiger partial charge < -0.3 is 4.74 Å². The van der Waals surface area contributed by atoms with E-state index in [9.17, 15) is 8.42 Å². The Hall–Kier alpha value is -1.51. The van der Waals surface area contributed by atoms with Crippen LogP contribution in [0, 0.1) is 25.7 Å². The molecule has 4 nitrogen and oxygen atoms in total. The molecule has 0 aromatic heterocycles. The Labute approximate surface area is 102 Å². The Balaban J connectivity index is 3.13. The SMILES string of the molecule is CC#CCOc1cc(C)c(S(N)(=O)=O)cc1C. The largest absolute Gasteiger partial charge is 0.481 e. The zero-order chi connectivity index (χ0) is 13.1. The highest BCUT2D eigenvalue weighted by atomic mass is 32.2. The van der Waals surface area contributed by atoms with Crippen molar-refractivity contribution in [2.45, 2.75) is 25.7 Å². The highest BCUT2D eigenvalue weighted by Gasteiger charge is 2.14. The van der Waals surface area contributed by atoms with E-state index in [1.54, 1.807) is 26.8 Å². The maximum absolute atomic E-state index is 11.3. The lowest BCUT2D eigenvalue weighted by Gasteiger charge is -2.10. The molecular weight excluding hydrogens is 238 g/mol. The summed E-state index contributed by atoms with van der Waals surface area (Å²) < 4.78 is 28.0. The third-order valence-electron chi connectivity index (χ3n) is 2.26. The van der Waals surface area contributed by atoms with E-state index in [1.807, 2.05) is 0 Å². The van der Waals surface area contributed by atoms with Gasteiger partial charge in [-0.1, -0.05) is 5.92 Å². The van der Waals surface area contributed by atoms with Crippen molar-refractivity contribution in [2.24, 2.45) is 5.14 Å². The smallest absolute Gasteiger partial charge is 0.238 e. The number of sulfonamides is 1. The lowest BCUT2D eigenvalue weighted by Crippen LogP contribution is -2.14. The zero-order valence-corrected chi connectivity index (χ0v) is 10.9. The van der Waals surface area contributed by atoms with Crippen molar-refractivity contribution in [1.82, 2.24) is 0 Å². The van der Waals surface area contributed by atoms with Gasteiger partial charge in [0.2, 0.25) is 10.0 Å². The van der Waals surface area contributed by atoms with Crippen LogP contribution in [0.3, 0.4) is 0 Å². The Morgan fingerprint density at radius 1 is 1.29 bits per heavy atom. The number of aryl methyl sites for hydroxylation is 2. The quantitative estimate of drug-likeness (QED) is 0.827. The van der Waals surface area contributed by atoms with Crippen molar-refractivity contribution in [1.29, 1.82) is 0 Å². The predicted molar refractivity (Wildman–Crippen MR) is 66.2 cm³/mol. The molecule has 1 aromatic rings. The van der Waals surface area contributed by atoms with Gasteiger partial charge in [0.05, 0.1) is 4.90 Å². The van der Waals surface area contributed by atoms with Crippen LogP contribution >= 0.6 is 0 Å². The minimum atomic E-state index is -3.68. The van der Waals surface area contributed by atoms with Crippen LogP contribution in [0.4, 0.5) is 0 Å². The minimum Gasteiger partial charge on any atom is -0.481 e. The second-order valence-corrected chi connectivity index (χ2v) is 5.17. The van der Waals surface area contributed by atoms with Crippen molar-refractivity contribution in [2.75, 3.05) is 6.61 Å². The van der Waals surface area contributed by atoms with Gasteiger partial charge in [0.15, 0.2) is 0 Å². The molecule has 0 fully saturated rings. The summed E-state index contributed by atoms with van der Waals surface area (Å²) in [5.41, 5.74) is 1.29. The van der Waals surface area contributed by atoms with Crippen LogP contribution in [0.25, 0.3) is 0 Å². The van der Waals surface area contributed by atoms with Crippen molar-refractivity contribution in [3.05, 3.63) is 23.3 Å². The lowest BCUT2D eigenvalue weighted by atomic mass is 10.1. The topological polar surface area (TPSA) is 69.4 Å². The number of ether oxygens (including phenoxy) is 1. The fourth-order valence-electron chi connectivity index (χ4n) is 1.41. The molecule has 0 spiro atoms. The van der Waals surface area contributed by atoms with Crippen LogP contribution in [0.1, 0.15) is 18.1 Å². The van der Waals surface area contributed by atoms with E-state index in [4.69, 9.17) is 9.88 Å². The molecule has 0 saturated heterocycles. The summed E-state index contributed by atoms with van der Waals surface area (Å²) >= 11 is 0. The summed E-state index contributed by atoms with van der Waals surface area (Å²) in [7, 11) is -3.68. The summed E-state index contributed by atoms with van der Waals surface area (Å²) in [4.78, 5) is 0.129. The minimum absolute atomic E-state index is 0.129. The van der Waals surface area contributed by atoms with Crippen molar-refractivity contribution in [3.63, 3.8) is 0 Å². The van der Waals surface area contributed by atoms with Gasteiger partial charge in [0, 0.05) is 0 Å². The van der Waals surface area contributed by atoms with Gasteiger partial charge >= 0.3 is 0 Å². The summed E-state index contributed by atoms with van der Waals surface area (Å²) in [5.74, 6) is 6.11. The standard InChI is InChI=1S/C12H15NO3S/c1-4-5-6-16-11-7-10(3)12(8-9(11)2)17(13,14)15/h7-8H,6H2,1-3H3,(H2,13,14,15). The van der Waals surface area contributed by atoms with Gasteiger partial charge in [0.1, 0.15) is 12.4 Å². The van der Waals surface area contributed by atoms with Crippen LogP contribution in [-0.4, -0.2) is 15.0 Å². The van der Waals surface area contributed by atoms with Gasteiger partial charge in [0.25, 0.3) is 0 Å². The van der Waals surface area contributed by atoms with Crippen LogP contribution < -0.4 is 9.88 Å². The molecule has 0 bridgehead atoms. The van der Waals surface area contributed by atoms with Gasteiger partial charge in [-0.3, -0.25) is 0 Å². The van der Waals surface area contributed by atoms with E-state index >= 15 is 0 Å². The first kappa shape index (κ1) is 13.6. The molecule has 0 aliphatic heterocycles. The zero-order valence-electron chi connectivity index (χ0n) is 10.1. The van der Waals surface area contributed by atoms with Crippen LogP contribution in [0.5, 0.6) is 5.75 Å². The first-order chi connectivity index (χ1) is 7.86. The molecule has 0 aliphatic rings. The summed E-state index contributed by atoms with van der Waals surface area (Å²) in [6.45, 7) is 5.46. The number of primary sulfonamides is 1. The molecule has 0 amide bonds. The van der Waals surface area contributed by atoms with Gasteiger partial charge in [-0.15, -0.1) is 5.92 Å². The molecule has 0 heterocycles. The number of nitrogens with two attached hydrogens (primary N) is 1. The van der Waals surface area contributed by atoms with Gasteiger partial charge in [-0.2, -0.15) is 0 Å². The highest BCUT2D eigenvalue weighted by Crippen LogP contribution is 2.24. The first-order valence-electron chi connectivity index (χ1n) is 5.02. The third-order valence-corrected chi connectivity index (χ3v) is 3.31. The Morgan fingerprint density at radius 2 is 1.94 bits per heavy atom. The van der Waals surface area contributed by atoms with E-state index in [0.717, 1.165) is 5.56 Å². The van der Waals surface area contributed by atoms with Crippen molar-refractivity contribution in [3.8, 4) is 17.6 Å². The van der Waals surface area contributed by atoms with E-state index in [-0.39, 0.29) is 11.5 Å². The Bertz CT molecular complexity index is 580. The summed E-state index contributed by atoms with van der Waals surface area (Å²) in [6, 6.07) is 3.17. The average Bonchev–Trinajstić information content (AvgIpc) is 2.21. The normalized spacial score (nSPS) is 10.6. The molecule has 1 aromatic carbocycles. The molecule has 5 heteroatoms. The predicted octanol–water partition coefficient (Wildman–Crippen LogP) is 1.35. The van der Waals surface area contributed by atoms with Crippen LogP contribution in [-0.2, 0) is 10.0 Å². The first-order valence-corrected chi connectivity index (χ1v) is 6.57. The fraction of sp³-hybridized carbons (Fsp3) is 0.333. The number of benzene rings is 1. The summed E-state index contributed by atoms with van der Waals surface area (Å²) in [5, 5.41) is 5.11. The second kappa shape index (κ2) is 5.21. The Morgan fingerprint density at radius 3 is 2.47 bits per heavy atom. The van der Waals surface area contributed by atoms with E-state index in [2.05, 4.69) is 11.8 Å². The van der Waals surface area contributed by atoms with E-state index in [1.165, 1.54) is 6.07 Å². The maximum atomic E-state index is 11.3. The van der Waals surface area contributed by atoms with Crippen LogP contribution in [0.15, 0.2) is 17.0 Å². The molecule has 0 saturated carbocycles. The molecule has 17 heavy (non-hydrogen) atoms.